The molecule has 0 aliphatic carbocycles. The van der Waals surface area contributed by atoms with Crippen LogP contribution in [0.3, 0.4) is 0 Å². The zero-order valence-corrected chi connectivity index (χ0v) is 13.2. The third-order valence-electron chi connectivity index (χ3n) is 3.20. The third kappa shape index (κ3) is 2.93. The molecule has 0 unspecified atom stereocenters. The minimum Gasteiger partial charge on any atom is -0.488 e. The van der Waals surface area contributed by atoms with Crippen molar-refractivity contribution in [2.24, 2.45) is 7.05 Å². The molecule has 0 N–H and O–H groups in total. The molecule has 1 aromatic carbocycles. The molecule has 118 valence electrons. The molecule has 0 bridgehead atoms. The summed E-state index contributed by atoms with van der Waals surface area (Å²) < 4.78 is 15.4. The molecule has 0 radical (unpaired) electrons. The number of halogens is 1. The molecular formula is C14H13ClN6O2. The molecule has 0 aliphatic rings. The molecule has 8 nitrogen and oxygen atoms in total. The largest absolute Gasteiger partial charge is 0.488 e. The number of nitrogens with zero attached hydrogens (tertiary/aromatic N) is 6. The molecule has 3 rings (SSSR count). The summed E-state index contributed by atoms with van der Waals surface area (Å²) in [4.78, 5) is 12.0. The van der Waals surface area contributed by atoms with Crippen LogP contribution in [0.2, 0.25) is 5.02 Å². The van der Waals surface area contributed by atoms with E-state index in [1.54, 1.807) is 18.2 Å². The fourth-order valence-electron chi connectivity index (χ4n) is 1.94. The van der Waals surface area contributed by atoms with E-state index in [1.807, 2.05) is 6.92 Å². The van der Waals surface area contributed by atoms with E-state index < -0.39 is 5.69 Å². The summed E-state index contributed by atoms with van der Waals surface area (Å²) in [6.45, 7) is 1.90. The average Bonchev–Trinajstić information content (AvgIpc) is 2.87. The van der Waals surface area contributed by atoms with Gasteiger partial charge in [-0.2, -0.15) is 9.78 Å². The first-order valence-corrected chi connectivity index (χ1v) is 7.04. The van der Waals surface area contributed by atoms with Gasteiger partial charge in [0.05, 0.1) is 18.2 Å². The van der Waals surface area contributed by atoms with Gasteiger partial charge in [-0.3, -0.25) is 0 Å². The molecule has 2 heterocycles. The van der Waals surface area contributed by atoms with E-state index >= 15 is 0 Å². The highest BCUT2D eigenvalue weighted by molar-refractivity contribution is 6.31. The Labute approximate surface area is 137 Å². The van der Waals surface area contributed by atoms with Crippen LogP contribution in [0.1, 0.15) is 12.5 Å². The van der Waals surface area contributed by atoms with E-state index in [0.29, 0.717) is 22.4 Å². The molecule has 0 saturated heterocycles. The second kappa shape index (κ2) is 6.17. The molecule has 0 aliphatic heterocycles. The summed E-state index contributed by atoms with van der Waals surface area (Å²) >= 11 is 6.19. The minimum atomic E-state index is -0.470. The van der Waals surface area contributed by atoms with E-state index in [-0.39, 0.29) is 12.4 Å². The number of para-hydroxylation sites is 1. The molecule has 2 aromatic heterocycles. The van der Waals surface area contributed by atoms with Crippen molar-refractivity contribution < 1.29 is 6.11 Å². The molecule has 23 heavy (non-hydrogen) atoms. The lowest BCUT2D eigenvalue weighted by Crippen LogP contribution is -2.24. The predicted octanol–water partition coefficient (Wildman–Crippen LogP) is 1.30. The van der Waals surface area contributed by atoms with Crippen molar-refractivity contribution in [2.45, 2.75) is 13.5 Å². The topological polar surface area (TPSA) is 87.7 Å². The Bertz CT molecular complexity index is 955. The van der Waals surface area contributed by atoms with E-state index in [1.165, 1.54) is 13.2 Å². The third-order valence-corrected chi connectivity index (χ3v) is 3.52. The first-order valence-electron chi connectivity index (χ1n) is 7.17. The molecule has 0 atom stereocenters. The van der Waals surface area contributed by atoms with Crippen LogP contribution >= 0.6 is 11.6 Å². The van der Waals surface area contributed by atoms with Gasteiger partial charge in [0.2, 0.25) is 0 Å². The standard InChI is InChI=1S/C14H13ClN6O2/c1-9-5-3-4-6-12(9)23-8-10-11(15)7-16-17-13(10)21-14(22)20(2)18-19-21/h3-7H,8H2,1-2H3/i3T. The summed E-state index contributed by atoms with van der Waals surface area (Å²) in [5, 5.41) is 15.4. The van der Waals surface area contributed by atoms with Crippen LogP contribution in [0, 0.1) is 6.92 Å². The Morgan fingerprint density at radius 3 is 2.91 bits per heavy atom. The maximum atomic E-state index is 12.0. The van der Waals surface area contributed by atoms with Crippen molar-refractivity contribution in [1.29, 1.82) is 0 Å². The van der Waals surface area contributed by atoms with Gasteiger partial charge in [0.15, 0.2) is 5.82 Å². The van der Waals surface area contributed by atoms with Gasteiger partial charge >= 0.3 is 5.69 Å². The lowest BCUT2D eigenvalue weighted by Gasteiger charge is -2.11. The van der Waals surface area contributed by atoms with Crippen molar-refractivity contribution in [2.75, 3.05) is 0 Å². The van der Waals surface area contributed by atoms with Gasteiger partial charge in [-0.05, 0) is 29.0 Å². The quantitative estimate of drug-likeness (QED) is 0.714. The SMILES string of the molecule is [3H]c1ccc(OCc2c(Cl)cnnc2-n2nnn(C)c2=O)c(C)c1. The van der Waals surface area contributed by atoms with E-state index in [9.17, 15) is 4.79 Å². The molecule has 9 heteroatoms. The van der Waals surface area contributed by atoms with Crippen molar-refractivity contribution in [3.63, 3.8) is 0 Å². The molecular weight excluding hydrogens is 320 g/mol. The van der Waals surface area contributed by atoms with Crippen molar-refractivity contribution in [1.82, 2.24) is 30.0 Å². The Morgan fingerprint density at radius 1 is 1.39 bits per heavy atom. The molecule has 0 amide bonds. The number of hydrogen-bond donors (Lipinski definition) is 0. The van der Waals surface area contributed by atoms with Gasteiger partial charge in [-0.15, -0.1) is 9.78 Å². The second-order valence-electron chi connectivity index (χ2n) is 4.77. The van der Waals surface area contributed by atoms with Gasteiger partial charge in [-0.1, -0.05) is 29.8 Å². The molecule has 0 spiro atoms. The van der Waals surface area contributed by atoms with Crippen LogP contribution in [0.25, 0.3) is 5.82 Å². The van der Waals surface area contributed by atoms with E-state index in [0.717, 1.165) is 14.9 Å². The fraction of sp³-hybridized carbons (Fsp3) is 0.214. The van der Waals surface area contributed by atoms with Crippen LogP contribution in [0.15, 0.2) is 35.2 Å². The highest BCUT2D eigenvalue weighted by Gasteiger charge is 2.17. The van der Waals surface area contributed by atoms with Gasteiger partial charge in [-0.25, -0.2) is 4.79 Å². The lowest BCUT2D eigenvalue weighted by molar-refractivity contribution is 0.302. The lowest BCUT2D eigenvalue weighted by atomic mass is 10.2. The Hall–Kier alpha value is -2.74. The first kappa shape index (κ1) is 13.9. The van der Waals surface area contributed by atoms with Crippen molar-refractivity contribution >= 4 is 11.6 Å². The van der Waals surface area contributed by atoms with Gasteiger partial charge in [0.1, 0.15) is 12.4 Å². The predicted molar refractivity (Wildman–Crippen MR) is 82.7 cm³/mol. The smallest absolute Gasteiger partial charge is 0.369 e. The number of aromatic nitrogens is 6. The van der Waals surface area contributed by atoms with Crippen molar-refractivity contribution in [3.05, 3.63) is 57.1 Å². The maximum Gasteiger partial charge on any atom is 0.369 e. The zero-order valence-electron chi connectivity index (χ0n) is 13.4. The number of hydrogen-bond acceptors (Lipinski definition) is 6. The molecule has 0 saturated carbocycles. The Balaban J connectivity index is 1.96. The second-order valence-corrected chi connectivity index (χ2v) is 5.18. The number of tetrazole rings is 1. The zero-order chi connectivity index (χ0) is 17.3. The maximum absolute atomic E-state index is 12.0. The molecule has 3 aromatic rings. The van der Waals surface area contributed by atoms with Crippen LogP contribution in [-0.4, -0.2) is 30.0 Å². The Morgan fingerprint density at radius 2 is 2.22 bits per heavy atom. The highest BCUT2D eigenvalue weighted by atomic mass is 35.5. The summed E-state index contributed by atoms with van der Waals surface area (Å²) in [6.07, 6.45) is 1.37. The van der Waals surface area contributed by atoms with Gasteiger partial charge < -0.3 is 4.74 Å². The van der Waals surface area contributed by atoms with Crippen molar-refractivity contribution in [3.8, 4) is 11.6 Å². The fourth-order valence-corrected chi connectivity index (χ4v) is 2.12. The van der Waals surface area contributed by atoms with Gasteiger partial charge in [0.25, 0.3) is 0 Å². The summed E-state index contributed by atoms with van der Waals surface area (Å²) in [6, 6.07) is 5.42. The monoisotopic (exact) mass is 334 g/mol. The van der Waals surface area contributed by atoms with E-state index in [4.69, 9.17) is 17.7 Å². The van der Waals surface area contributed by atoms with Crippen LogP contribution in [-0.2, 0) is 13.7 Å². The first-order chi connectivity index (χ1) is 11.5. The summed E-state index contributed by atoms with van der Waals surface area (Å²) in [7, 11) is 1.48. The average molecular weight is 335 g/mol. The normalized spacial score (nSPS) is 11.3. The number of ether oxygens (including phenoxy) is 1. The summed E-state index contributed by atoms with van der Waals surface area (Å²) in [5.74, 6) is 0.770. The highest BCUT2D eigenvalue weighted by Crippen LogP contribution is 2.23. The summed E-state index contributed by atoms with van der Waals surface area (Å²) in [5.41, 5.74) is 0.810. The number of rotatable bonds is 4. The number of benzene rings is 1. The Kier molecular flexibility index (Phi) is 3.73. The number of aryl methyl sites for hydroxylation is 2. The van der Waals surface area contributed by atoms with Crippen LogP contribution in [0.4, 0.5) is 0 Å². The van der Waals surface area contributed by atoms with Crippen LogP contribution < -0.4 is 10.4 Å². The van der Waals surface area contributed by atoms with Crippen LogP contribution in [0.5, 0.6) is 5.75 Å². The van der Waals surface area contributed by atoms with E-state index in [2.05, 4.69) is 20.6 Å². The molecule has 0 fully saturated rings. The van der Waals surface area contributed by atoms with Gasteiger partial charge in [0, 0.05) is 7.05 Å². The minimum absolute atomic E-state index is 0.0604.